The van der Waals surface area contributed by atoms with Crippen molar-refractivity contribution in [1.29, 1.82) is 0 Å². The Bertz CT molecular complexity index is 1140. The normalized spacial score (nSPS) is 13.9. The Kier molecular flexibility index (Phi) is 56.6. The number of ether oxygens (including phenoxy) is 4. The Morgan fingerprint density at radius 3 is 0.519 bits per heavy atom. The van der Waals surface area contributed by atoms with Gasteiger partial charge >= 0.3 is 23.9 Å². The molecule has 0 rings (SSSR count). The van der Waals surface area contributed by atoms with Crippen molar-refractivity contribution in [3.63, 3.8) is 0 Å². The van der Waals surface area contributed by atoms with Crippen LogP contribution in [0.4, 0.5) is 0 Å². The Morgan fingerprint density at radius 1 is 0.247 bits per heavy atom. The van der Waals surface area contributed by atoms with E-state index in [9.17, 15) is 19.2 Å². The van der Waals surface area contributed by atoms with Gasteiger partial charge < -0.3 is 18.9 Å². The number of hydrogen-bond acceptors (Lipinski definition) is 12. The van der Waals surface area contributed by atoms with Gasteiger partial charge in [0.2, 0.25) is 0 Å². The van der Waals surface area contributed by atoms with Crippen molar-refractivity contribution in [1.82, 2.24) is 0 Å². The molecule has 0 N–H and O–H groups in total. The summed E-state index contributed by atoms with van der Waals surface area (Å²) in [5.41, 5.74) is -1.39. The van der Waals surface area contributed by atoms with Crippen molar-refractivity contribution >= 4 is 74.4 Å². The quantitative estimate of drug-likeness (QED) is 0.0207. The van der Waals surface area contributed by atoms with Crippen LogP contribution in [0, 0.1) is 5.41 Å². The third kappa shape index (κ3) is 48.5. The zero-order valence-corrected chi connectivity index (χ0v) is 54.2. The molecule has 0 amide bonds. The molecule has 0 aromatic heterocycles. The van der Waals surface area contributed by atoms with E-state index >= 15 is 0 Å². The monoisotopic (exact) mass is 1160 g/mol. The van der Waals surface area contributed by atoms with E-state index in [-0.39, 0.29) is 26.4 Å². The highest BCUT2D eigenvalue weighted by molar-refractivity contribution is 7.82. The smallest absolute Gasteiger partial charge is 0.318 e. The number of carbonyl (C=O) groups is 4. The van der Waals surface area contributed by atoms with Crippen LogP contribution >= 0.6 is 50.5 Å². The van der Waals surface area contributed by atoms with E-state index in [1.165, 1.54) is 205 Å². The summed E-state index contributed by atoms with van der Waals surface area (Å²) < 4.78 is 23.9. The molecule has 0 aliphatic carbocycles. The molecule has 4 atom stereocenters. The van der Waals surface area contributed by atoms with Gasteiger partial charge in [-0.1, -0.05) is 310 Å². The maximum absolute atomic E-state index is 13.6. The van der Waals surface area contributed by atoms with Crippen molar-refractivity contribution in [2.75, 3.05) is 26.4 Å². The highest BCUT2D eigenvalue weighted by Crippen LogP contribution is 2.27. The molecule has 77 heavy (non-hydrogen) atoms. The van der Waals surface area contributed by atoms with Crippen LogP contribution in [0.15, 0.2) is 0 Å². The lowest BCUT2D eigenvalue weighted by Crippen LogP contribution is -2.45. The van der Waals surface area contributed by atoms with Crippen LogP contribution < -0.4 is 0 Å². The SMILES string of the molecule is CCCCCCCCCCCCCC(S)C(=O)OCC(COC(=O)C(S)CCCCCCCCCCCCC)(COC(=O)C(S)CCCCCCCCCCCCC)COC(=O)C(S)CCCCCCCCCCCCC. The minimum absolute atomic E-state index is 0.309. The molecule has 456 valence electrons. The van der Waals surface area contributed by atoms with Crippen molar-refractivity contribution in [3.05, 3.63) is 0 Å². The van der Waals surface area contributed by atoms with Gasteiger partial charge in [-0.15, -0.1) is 0 Å². The fourth-order valence-corrected chi connectivity index (χ4v) is 11.0. The Hall–Kier alpha value is -0.720. The predicted octanol–water partition coefficient (Wildman–Crippen LogP) is 20.1. The van der Waals surface area contributed by atoms with E-state index in [0.717, 1.165) is 77.0 Å². The molecular formula is C65H124O8S4. The fourth-order valence-electron chi connectivity index (χ4n) is 10.0. The van der Waals surface area contributed by atoms with Crippen molar-refractivity contribution in [3.8, 4) is 0 Å². The lowest BCUT2D eigenvalue weighted by molar-refractivity contribution is -0.170. The summed E-state index contributed by atoms with van der Waals surface area (Å²) in [4.78, 5) is 54.5. The molecule has 0 fully saturated rings. The average molecular weight is 1160 g/mol. The Labute approximate surface area is 498 Å². The first-order valence-electron chi connectivity index (χ1n) is 32.9. The van der Waals surface area contributed by atoms with Crippen LogP contribution in [0.25, 0.3) is 0 Å². The molecule has 12 heteroatoms. The van der Waals surface area contributed by atoms with E-state index in [1.807, 2.05) is 0 Å². The second-order valence-electron chi connectivity index (χ2n) is 23.3. The van der Waals surface area contributed by atoms with Crippen molar-refractivity contribution in [2.45, 2.75) is 357 Å². The minimum atomic E-state index is -1.39. The number of carbonyl (C=O) groups excluding carboxylic acids is 4. The van der Waals surface area contributed by atoms with Gasteiger partial charge in [-0.25, -0.2) is 0 Å². The topological polar surface area (TPSA) is 105 Å². The first kappa shape index (κ1) is 76.3. The summed E-state index contributed by atoms with van der Waals surface area (Å²) in [6.45, 7) is 7.76. The molecule has 0 spiro atoms. The first-order valence-corrected chi connectivity index (χ1v) is 34.9. The van der Waals surface area contributed by atoms with Gasteiger partial charge in [0.05, 0.1) is 21.0 Å². The fraction of sp³-hybridized carbons (Fsp3) is 0.938. The minimum Gasteiger partial charge on any atom is -0.464 e. The van der Waals surface area contributed by atoms with Crippen LogP contribution in [0.5, 0.6) is 0 Å². The van der Waals surface area contributed by atoms with E-state index in [0.29, 0.717) is 25.7 Å². The third-order valence-electron chi connectivity index (χ3n) is 15.5. The molecule has 0 aliphatic heterocycles. The van der Waals surface area contributed by atoms with Crippen LogP contribution in [0.1, 0.15) is 336 Å². The molecule has 0 aliphatic rings. The summed E-state index contributed by atoms with van der Waals surface area (Å²) in [5, 5.41) is -2.64. The molecular weight excluding hydrogens is 1040 g/mol. The summed E-state index contributed by atoms with van der Waals surface area (Å²) in [5.74, 6) is -2.04. The van der Waals surface area contributed by atoms with Gasteiger partial charge in [0.25, 0.3) is 0 Å². The molecule has 0 aromatic carbocycles. The van der Waals surface area contributed by atoms with Crippen LogP contribution in [0.2, 0.25) is 0 Å². The van der Waals surface area contributed by atoms with Crippen LogP contribution in [0.3, 0.4) is 0 Å². The lowest BCUT2D eigenvalue weighted by Gasteiger charge is -2.33. The van der Waals surface area contributed by atoms with Crippen LogP contribution in [-0.2, 0) is 38.1 Å². The van der Waals surface area contributed by atoms with Crippen LogP contribution in [-0.4, -0.2) is 71.3 Å². The maximum Gasteiger partial charge on any atom is 0.318 e. The van der Waals surface area contributed by atoms with Gasteiger partial charge in [-0.05, 0) is 25.7 Å². The number of esters is 4. The second kappa shape index (κ2) is 57.1. The zero-order valence-electron chi connectivity index (χ0n) is 50.6. The number of rotatable bonds is 60. The average Bonchev–Trinajstić information content (AvgIpc) is 3.43. The lowest BCUT2D eigenvalue weighted by atomic mass is 9.92. The summed E-state index contributed by atoms with van der Waals surface area (Å²) >= 11 is 18.7. The highest BCUT2D eigenvalue weighted by Gasteiger charge is 2.40. The maximum atomic E-state index is 13.6. The van der Waals surface area contributed by atoms with E-state index in [2.05, 4.69) is 78.2 Å². The zero-order chi connectivity index (χ0) is 56.7. The molecule has 0 bridgehead atoms. The molecule has 0 aromatic rings. The largest absolute Gasteiger partial charge is 0.464 e. The standard InChI is InChI=1S/C65H124O8S4/c1-5-9-13-17-21-25-29-33-37-41-45-49-57(74)61(66)70-53-65(54-71-62(67)58(75)50-46-42-38-34-30-26-22-18-14-10-6-2,55-72-63(68)59(76)51-47-43-39-35-31-27-23-19-15-11-7-3)56-73-64(69)60(77)52-48-44-40-36-32-28-24-20-16-12-8-4/h57-60,74-77H,5-56H2,1-4H3. The molecule has 8 nitrogen and oxygen atoms in total. The van der Waals surface area contributed by atoms with E-state index in [1.54, 1.807) is 0 Å². The molecule has 0 heterocycles. The Morgan fingerprint density at radius 2 is 0.377 bits per heavy atom. The van der Waals surface area contributed by atoms with Gasteiger partial charge in [0, 0.05) is 0 Å². The molecule has 0 radical (unpaired) electrons. The second-order valence-corrected chi connectivity index (χ2v) is 25.8. The highest BCUT2D eigenvalue weighted by atomic mass is 32.1. The summed E-state index contributed by atoms with van der Waals surface area (Å²) in [6.07, 6.45) is 55.3. The van der Waals surface area contributed by atoms with Crippen molar-refractivity contribution < 1.29 is 38.1 Å². The Balaban J connectivity index is 5.86. The van der Waals surface area contributed by atoms with Gasteiger partial charge in [-0.3, -0.25) is 19.2 Å². The summed E-state index contributed by atoms with van der Waals surface area (Å²) in [6, 6.07) is 0. The molecule has 0 saturated heterocycles. The first-order chi connectivity index (χ1) is 37.5. The van der Waals surface area contributed by atoms with Gasteiger partial charge in [-0.2, -0.15) is 50.5 Å². The molecule has 4 unspecified atom stereocenters. The van der Waals surface area contributed by atoms with Crippen molar-refractivity contribution in [2.24, 2.45) is 5.41 Å². The van der Waals surface area contributed by atoms with Gasteiger partial charge in [0.1, 0.15) is 31.8 Å². The number of unbranched alkanes of at least 4 members (excludes halogenated alkanes) is 40. The van der Waals surface area contributed by atoms with Gasteiger partial charge in [0.15, 0.2) is 0 Å². The predicted molar refractivity (Wildman–Crippen MR) is 342 cm³/mol. The van der Waals surface area contributed by atoms with E-state index < -0.39 is 50.3 Å². The van der Waals surface area contributed by atoms with E-state index in [4.69, 9.17) is 18.9 Å². The number of hydrogen-bond donors (Lipinski definition) is 4. The number of thiol groups is 4. The summed E-state index contributed by atoms with van der Waals surface area (Å²) in [7, 11) is 0. The third-order valence-corrected chi connectivity index (χ3v) is 17.4. The molecule has 0 saturated carbocycles.